The second-order valence-electron chi connectivity index (χ2n) is 3.85. The van der Waals surface area contributed by atoms with Crippen LogP contribution in [0.4, 0.5) is 0 Å². The van der Waals surface area contributed by atoms with E-state index in [9.17, 15) is 0 Å². The molecule has 1 aliphatic heterocycles. The Hall–Kier alpha value is -1.62. The lowest BCUT2D eigenvalue weighted by atomic mass is 10.1. The minimum Gasteiger partial charge on any atom is -0.288 e. The normalized spacial score (nSPS) is 12.8. The number of rotatable bonds is 1. The summed E-state index contributed by atoms with van der Waals surface area (Å²) >= 11 is 3.48. The molecule has 4 nitrogen and oxygen atoms in total. The fourth-order valence-electron chi connectivity index (χ4n) is 1.74. The van der Waals surface area contributed by atoms with E-state index in [4.69, 9.17) is 0 Å². The maximum Gasteiger partial charge on any atom is 0.125 e. The van der Waals surface area contributed by atoms with Crippen molar-refractivity contribution in [2.24, 2.45) is 4.99 Å². The Balaban J connectivity index is 2.12. The summed E-state index contributed by atoms with van der Waals surface area (Å²) in [5.41, 5.74) is 4.03. The predicted octanol–water partition coefficient (Wildman–Crippen LogP) is 2.54. The number of aromatic nitrogens is 3. The van der Waals surface area contributed by atoms with E-state index in [1.54, 1.807) is 12.4 Å². The van der Waals surface area contributed by atoms with Gasteiger partial charge >= 0.3 is 0 Å². The van der Waals surface area contributed by atoms with Crippen molar-refractivity contribution in [1.29, 1.82) is 0 Å². The standard InChI is InChI=1S/C12H9BrN4/c1-7-15-4-9(5-16-7)11-2-8-3-14-6-10(8)12(13)17-11/h2-5H,6H2,1H3. The van der Waals surface area contributed by atoms with Gasteiger partial charge < -0.3 is 0 Å². The monoisotopic (exact) mass is 288 g/mol. The molecule has 84 valence electrons. The van der Waals surface area contributed by atoms with Crippen molar-refractivity contribution in [3.05, 3.63) is 40.0 Å². The Morgan fingerprint density at radius 3 is 2.76 bits per heavy atom. The number of hydrogen-bond acceptors (Lipinski definition) is 4. The quantitative estimate of drug-likeness (QED) is 0.758. The molecule has 5 heteroatoms. The molecule has 0 spiro atoms. The zero-order chi connectivity index (χ0) is 11.8. The maximum absolute atomic E-state index is 4.50. The van der Waals surface area contributed by atoms with Gasteiger partial charge in [0.25, 0.3) is 0 Å². The molecule has 0 N–H and O–H groups in total. The molecular weight excluding hydrogens is 280 g/mol. The average Bonchev–Trinajstić information content (AvgIpc) is 2.78. The Morgan fingerprint density at radius 1 is 1.24 bits per heavy atom. The topological polar surface area (TPSA) is 51.0 Å². The number of halogens is 1. The van der Waals surface area contributed by atoms with Gasteiger partial charge in [0, 0.05) is 35.3 Å². The molecule has 1 aliphatic rings. The van der Waals surface area contributed by atoms with E-state index in [1.165, 1.54) is 0 Å². The zero-order valence-corrected chi connectivity index (χ0v) is 10.8. The summed E-state index contributed by atoms with van der Waals surface area (Å²) in [7, 11) is 0. The average molecular weight is 289 g/mol. The van der Waals surface area contributed by atoms with Crippen molar-refractivity contribution in [3.63, 3.8) is 0 Å². The van der Waals surface area contributed by atoms with E-state index in [1.807, 2.05) is 19.2 Å². The van der Waals surface area contributed by atoms with Gasteiger partial charge in [0.15, 0.2) is 0 Å². The Morgan fingerprint density at radius 2 is 2.00 bits per heavy atom. The summed E-state index contributed by atoms with van der Waals surface area (Å²) in [6, 6.07) is 2.02. The SMILES string of the molecule is Cc1ncc(-c2cc3c(c(Br)n2)CN=C3)cn1. The summed E-state index contributed by atoms with van der Waals surface area (Å²) < 4.78 is 0.850. The van der Waals surface area contributed by atoms with E-state index in [-0.39, 0.29) is 0 Å². The summed E-state index contributed by atoms with van der Waals surface area (Å²) in [6.07, 6.45) is 5.45. The second-order valence-corrected chi connectivity index (χ2v) is 4.61. The summed E-state index contributed by atoms with van der Waals surface area (Å²) in [5, 5.41) is 0. The molecule has 3 rings (SSSR count). The number of fused-ring (bicyclic) bond motifs is 1. The van der Waals surface area contributed by atoms with Gasteiger partial charge in [-0.2, -0.15) is 0 Å². The first-order chi connectivity index (χ1) is 8.24. The number of hydrogen-bond donors (Lipinski definition) is 0. The number of aryl methyl sites for hydroxylation is 1. The first kappa shape index (κ1) is 10.5. The van der Waals surface area contributed by atoms with Crippen LogP contribution >= 0.6 is 15.9 Å². The van der Waals surface area contributed by atoms with Crippen molar-refractivity contribution < 1.29 is 0 Å². The fourth-order valence-corrected chi connectivity index (χ4v) is 2.28. The summed E-state index contributed by atoms with van der Waals surface area (Å²) in [5.74, 6) is 0.760. The van der Waals surface area contributed by atoms with E-state index in [0.29, 0.717) is 6.54 Å². The molecule has 0 fully saturated rings. The number of pyridine rings is 1. The van der Waals surface area contributed by atoms with Crippen LogP contribution in [0.2, 0.25) is 0 Å². The van der Waals surface area contributed by atoms with Crippen molar-refractivity contribution in [2.75, 3.05) is 0 Å². The van der Waals surface area contributed by atoms with E-state index in [0.717, 1.165) is 32.8 Å². The Labute approximate surface area is 107 Å². The Kier molecular flexibility index (Phi) is 2.48. The third-order valence-electron chi connectivity index (χ3n) is 2.66. The van der Waals surface area contributed by atoms with Gasteiger partial charge in [-0.25, -0.2) is 15.0 Å². The van der Waals surface area contributed by atoms with Gasteiger partial charge in [-0.15, -0.1) is 0 Å². The summed E-state index contributed by atoms with van der Waals surface area (Å²) in [4.78, 5) is 17.1. The second kappa shape index (κ2) is 4.00. The van der Waals surface area contributed by atoms with E-state index in [2.05, 4.69) is 35.9 Å². The van der Waals surface area contributed by atoms with E-state index >= 15 is 0 Å². The molecule has 0 atom stereocenters. The molecule has 2 aromatic heterocycles. The molecular formula is C12H9BrN4. The van der Waals surface area contributed by atoms with Crippen LogP contribution in [0, 0.1) is 6.92 Å². The maximum atomic E-state index is 4.50. The lowest BCUT2D eigenvalue weighted by Gasteiger charge is -2.05. The van der Waals surface area contributed by atoms with Gasteiger partial charge in [0.2, 0.25) is 0 Å². The molecule has 0 bridgehead atoms. The molecule has 0 radical (unpaired) electrons. The molecule has 2 aromatic rings. The van der Waals surface area contributed by atoms with Crippen LogP contribution in [0.25, 0.3) is 11.3 Å². The number of aliphatic imine (C=N–C) groups is 1. The lowest BCUT2D eigenvalue weighted by molar-refractivity contribution is 1.04. The molecule has 0 amide bonds. The van der Waals surface area contributed by atoms with Gasteiger partial charge in [0.1, 0.15) is 10.4 Å². The van der Waals surface area contributed by atoms with Gasteiger partial charge in [0.05, 0.1) is 12.2 Å². The summed E-state index contributed by atoms with van der Waals surface area (Å²) in [6.45, 7) is 2.57. The van der Waals surface area contributed by atoms with Gasteiger partial charge in [-0.05, 0) is 28.9 Å². The van der Waals surface area contributed by atoms with Crippen LogP contribution in [-0.2, 0) is 6.54 Å². The van der Waals surface area contributed by atoms with Gasteiger partial charge in [-0.3, -0.25) is 4.99 Å². The minimum absolute atomic E-state index is 0.702. The van der Waals surface area contributed by atoms with Crippen molar-refractivity contribution in [3.8, 4) is 11.3 Å². The highest BCUT2D eigenvalue weighted by atomic mass is 79.9. The molecule has 0 aliphatic carbocycles. The molecule has 0 saturated heterocycles. The lowest BCUT2D eigenvalue weighted by Crippen LogP contribution is -1.95. The number of nitrogens with zero attached hydrogens (tertiary/aromatic N) is 4. The molecule has 17 heavy (non-hydrogen) atoms. The first-order valence-electron chi connectivity index (χ1n) is 5.22. The van der Waals surface area contributed by atoms with Crippen LogP contribution in [0.3, 0.4) is 0 Å². The fraction of sp³-hybridized carbons (Fsp3) is 0.167. The highest BCUT2D eigenvalue weighted by molar-refractivity contribution is 9.10. The van der Waals surface area contributed by atoms with Crippen molar-refractivity contribution in [2.45, 2.75) is 13.5 Å². The third-order valence-corrected chi connectivity index (χ3v) is 3.32. The van der Waals surface area contributed by atoms with Crippen LogP contribution in [0.15, 0.2) is 28.1 Å². The third kappa shape index (κ3) is 1.86. The van der Waals surface area contributed by atoms with Crippen LogP contribution in [0.1, 0.15) is 17.0 Å². The molecule has 0 aromatic carbocycles. The van der Waals surface area contributed by atoms with Crippen LogP contribution in [0.5, 0.6) is 0 Å². The van der Waals surface area contributed by atoms with Crippen LogP contribution in [-0.4, -0.2) is 21.2 Å². The molecule has 0 unspecified atom stereocenters. The zero-order valence-electron chi connectivity index (χ0n) is 9.18. The van der Waals surface area contributed by atoms with E-state index < -0.39 is 0 Å². The first-order valence-corrected chi connectivity index (χ1v) is 6.01. The predicted molar refractivity (Wildman–Crippen MR) is 69.0 cm³/mol. The van der Waals surface area contributed by atoms with Crippen molar-refractivity contribution in [1.82, 2.24) is 15.0 Å². The van der Waals surface area contributed by atoms with Gasteiger partial charge in [-0.1, -0.05) is 0 Å². The largest absolute Gasteiger partial charge is 0.288 e. The Bertz CT molecular complexity index is 605. The minimum atomic E-state index is 0.702. The highest BCUT2D eigenvalue weighted by Crippen LogP contribution is 2.27. The molecule has 0 saturated carbocycles. The van der Waals surface area contributed by atoms with Crippen LogP contribution < -0.4 is 0 Å². The van der Waals surface area contributed by atoms with Crippen molar-refractivity contribution >= 4 is 22.1 Å². The highest BCUT2D eigenvalue weighted by Gasteiger charge is 2.14. The molecule has 3 heterocycles. The smallest absolute Gasteiger partial charge is 0.125 e.